The van der Waals surface area contributed by atoms with Crippen molar-refractivity contribution in [3.05, 3.63) is 22.4 Å². The Balaban J connectivity index is 1.75. The SMILES string of the molecule is CCO[C@@H]1CC[C@H]2[C@H]1OCCN2C(=O)c1ccsc1. The predicted molar refractivity (Wildman–Crippen MR) is 73.5 cm³/mol. The van der Waals surface area contributed by atoms with E-state index < -0.39 is 0 Å². The van der Waals surface area contributed by atoms with Gasteiger partial charge in [-0.15, -0.1) is 0 Å². The third-order valence-electron chi connectivity index (χ3n) is 3.95. The highest BCUT2D eigenvalue weighted by atomic mass is 32.1. The number of nitrogens with zero attached hydrogens (tertiary/aromatic N) is 1. The molecular weight excluding hydrogens is 262 g/mol. The van der Waals surface area contributed by atoms with Crippen LogP contribution < -0.4 is 0 Å². The molecule has 0 N–H and O–H groups in total. The monoisotopic (exact) mass is 281 g/mol. The fourth-order valence-electron chi connectivity index (χ4n) is 3.11. The van der Waals surface area contributed by atoms with Crippen molar-refractivity contribution in [3.8, 4) is 0 Å². The molecule has 2 heterocycles. The molecular formula is C14H19NO3S. The highest BCUT2D eigenvalue weighted by Gasteiger charge is 2.44. The lowest BCUT2D eigenvalue weighted by molar-refractivity contribution is -0.102. The van der Waals surface area contributed by atoms with Crippen molar-refractivity contribution in [2.75, 3.05) is 19.8 Å². The molecule has 5 heteroatoms. The number of ether oxygens (including phenoxy) is 2. The lowest BCUT2D eigenvalue weighted by Crippen LogP contribution is -2.53. The van der Waals surface area contributed by atoms with Crippen LogP contribution in [0.3, 0.4) is 0 Å². The van der Waals surface area contributed by atoms with E-state index >= 15 is 0 Å². The molecule has 0 spiro atoms. The van der Waals surface area contributed by atoms with E-state index in [0.717, 1.165) is 18.4 Å². The molecule has 1 saturated heterocycles. The van der Waals surface area contributed by atoms with Crippen molar-refractivity contribution < 1.29 is 14.3 Å². The van der Waals surface area contributed by atoms with Gasteiger partial charge in [-0.2, -0.15) is 11.3 Å². The Labute approximate surface area is 117 Å². The first-order valence-corrected chi connectivity index (χ1v) is 7.82. The molecule has 0 aromatic carbocycles. The van der Waals surface area contributed by atoms with Gasteiger partial charge in [-0.05, 0) is 31.2 Å². The van der Waals surface area contributed by atoms with E-state index in [9.17, 15) is 4.79 Å². The number of hydrogen-bond donors (Lipinski definition) is 0. The van der Waals surface area contributed by atoms with Gasteiger partial charge in [-0.25, -0.2) is 0 Å². The predicted octanol–water partition coefficient (Wildman–Crippen LogP) is 2.16. The summed E-state index contributed by atoms with van der Waals surface area (Å²) in [5.74, 6) is 0.136. The van der Waals surface area contributed by atoms with E-state index in [-0.39, 0.29) is 24.2 Å². The summed E-state index contributed by atoms with van der Waals surface area (Å²) in [6, 6.07) is 2.07. The topological polar surface area (TPSA) is 38.8 Å². The zero-order valence-corrected chi connectivity index (χ0v) is 11.9. The Morgan fingerprint density at radius 2 is 2.47 bits per heavy atom. The molecule has 1 aliphatic heterocycles. The van der Waals surface area contributed by atoms with Gasteiger partial charge in [0.2, 0.25) is 0 Å². The minimum atomic E-state index is 0.0521. The van der Waals surface area contributed by atoms with Gasteiger partial charge in [0.1, 0.15) is 6.10 Å². The number of hydrogen-bond acceptors (Lipinski definition) is 4. The fraction of sp³-hybridized carbons (Fsp3) is 0.643. The average molecular weight is 281 g/mol. The van der Waals surface area contributed by atoms with Crippen LogP contribution in [-0.2, 0) is 9.47 Å². The van der Waals surface area contributed by atoms with E-state index in [0.29, 0.717) is 19.8 Å². The number of fused-ring (bicyclic) bond motifs is 1. The standard InChI is InChI=1S/C14H19NO3S/c1-2-17-12-4-3-11-13(12)18-7-6-15(11)14(16)10-5-8-19-9-10/h5,8-9,11-13H,2-4,6-7H2,1H3/t11-,12+,13+/m0/s1. The normalized spacial score (nSPS) is 30.4. The number of carbonyl (C=O) groups excluding carboxylic acids is 1. The molecule has 4 nitrogen and oxygen atoms in total. The van der Waals surface area contributed by atoms with Crippen molar-refractivity contribution in [2.45, 2.75) is 38.0 Å². The third-order valence-corrected chi connectivity index (χ3v) is 4.63. The number of rotatable bonds is 3. The zero-order chi connectivity index (χ0) is 13.2. The van der Waals surface area contributed by atoms with Crippen molar-refractivity contribution in [2.24, 2.45) is 0 Å². The van der Waals surface area contributed by atoms with Crippen LogP contribution in [0.1, 0.15) is 30.1 Å². The van der Waals surface area contributed by atoms with Crippen molar-refractivity contribution in [1.29, 1.82) is 0 Å². The van der Waals surface area contributed by atoms with Crippen molar-refractivity contribution in [3.63, 3.8) is 0 Å². The highest BCUT2D eigenvalue weighted by Crippen LogP contribution is 2.33. The number of morpholine rings is 1. The maximum Gasteiger partial charge on any atom is 0.255 e. The lowest BCUT2D eigenvalue weighted by Gasteiger charge is -2.39. The molecule has 0 radical (unpaired) electrons. The van der Waals surface area contributed by atoms with Gasteiger partial charge in [0.25, 0.3) is 5.91 Å². The second kappa shape index (κ2) is 5.61. The number of thiophene rings is 1. The first kappa shape index (κ1) is 13.1. The van der Waals surface area contributed by atoms with Crippen LogP contribution in [-0.4, -0.2) is 48.8 Å². The number of carbonyl (C=O) groups is 1. The van der Waals surface area contributed by atoms with Gasteiger partial charge in [0, 0.05) is 18.5 Å². The van der Waals surface area contributed by atoms with Crippen LogP contribution in [0.15, 0.2) is 16.8 Å². The van der Waals surface area contributed by atoms with Crippen LogP contribution in [0, 0.1) is 0 Å². The Morgan fingerprint density at radius 1 is 1.58 bits per heavy atom. The zero-order valence-electron chi connectivity index (χ0n) is 11.1. The van der Waals surface area contributed by atoms with E-state index in [1.54, 1.807) is 11.3 Å². The summed E-state index contributed by atoms with van der Waals surface area (Å²) in [4.78, 5) is 14.5. The van der Waals surface area contributed by atoms with Crippen LogP contribution >= 0.6 is 11.3 Å². The molecule has 2 aliphatic rings. The van der Waals surface area contributed by atoms with Gasteiger partial charge < -0.3 is 14.4 Å². The molecule has 19 heavy (non-hydrogen) atoms. The minimum Gasteiger partial charge on any atom is -0.376 e. The summed E-state index contributed by atoms with van der Waals surface area (Å²) in [5.41, 5.74) is 0.797. The lowest BCUT2D eigenvalue weighted by atomic mass is 10.1. The van der Waals surface area contributed by atoms with Gasteiger partial charge in [-0.1, -0.05) is 0 Å². The van der Waals surface area contributed by atoms with Crippen LogP contribution in [0.5, 0.6) is 0 Å². The van der Waals surface area contributed by atoms with Gasteiger partial charge >= 0.3 is 0 Å². The molecule has 1 aliphatic carbocycles. The van der Waals surface area contributed by atoms with Crippen molar-refractivity contribution >= 4 is 17.2 Å². The van der Waals surface area contributed by atoms with E-state index in [1.165, 1.54) is 0 Å². The van der Waals surface area contributed by atoms with Gasteiger partial charge in [-0.3, -0.25) is 4.79 Å². The molecule has 1 amide bonds. The maximum absolute atomic E-state index is 12.5. The summed E-state index contributed by atoms with van der Waals surface area (Å²) in [5, 5.41) is 3.87. The first-order chi connectivity index (χ1) is 9.31. The summed E-state index contributed by atoms with van der Waals surface area (Å²) in [6.07, 6.45) is 2.16. The number of amides is 1. The summed E-state index contributed by atoms with van der Waals surface area (Å²) in [7, 11) is 0. The van der Waals surface area contributed by atoms with E-state index in [4.69, 9.17) is 9.47 Å². The van der Waals surface area contributed by atoms with E-state index in [1.807, 2.05) is 28.7 Å². The summed E-state index contributed by atoms with van der Waals surface area (Å²) >= 11 is 1.56. The Bertz CT molecular complexity index is 434. The fourth-order valence-corrected chi connectivity index (χ4v) is 3.74. The minimum absolute atomic E-state index is 0.0521. The maximum atomic E-state index is 12.5. The molecule has 3 rings (SSSR count). The van der Waals surface area contributed by atoms with Crippen LogP contribution in [0.4, 0.5) is 0 Å². The van der Waals surface area contributed by atoms with Gasteiger partial charge in [0.15, 0.2) is 0 Å². The molecule has 2 fully saturated rings. The summed E-state index contributed by atoms with van der Waals surface area (Å²) in [6.45, 7) is 4.01. The average Bonchev–Trinajstić information content (AvgIpc) is 3.08. The van der Waals surface area contributed by atoms with Crippen LogP contribution in [0.2, 0.25) is 0 Å². The largest absolute Gasteiger partial charge is 0.376 e. The Kier molecular flexibility index (Phi) is 3.86. The second-order valence-electron chi connectivity index (χ2n) is 4.98. The third kappa shape index (κ3) is 2.42. The highest BCUT2D eigenvalue weighted by molar-refractivity contribution is 7.08. The van der Waals surface area contributed by atoms with Crippen LogP contribution in [0.25, 0.3) is 0 Å². The van der Waals surface area contributed by atoms with E-state index in [2.05, 4.69) is 0 Å². The molecule has 1 aromatic heterocycles. The Morgan fingerprint density at radius 3 is 3.21 bits per heavy atom. The first-order valence-electron chi connectivity index (χ1n) is 6.87. The Hall–Kier alpha value is -0.910. The molecule has 3 atom stereocenters. The summed E-state index contributed by atoms with van der Waals surface area (Å²) < 4.78 is 11.6. The second-order valence-corrected chi connectivity index (χ2v) is 5.76. The molecule has 0 bridgehead atoms. The molecule has 104 valence electrons. The van der Waals surface area contributed by atoms with Gasteiger partial charge in [0.05, 0.1) is 24.3 Å². The molecule has 0 unspecified atom stereocenters. The quantitative estimate of drug-likeness (QED) is 0.852. The van der Waals surface area contributed by atoms with Crippen molar-refractivity contribution in [1.82, 2.24) is 4.90 Å². The smallest absolute Gasteiger partial charge is 0.255 e. The molecule has 1 saturated carbocycles. The molecule has 1 aromatic rings.